The van der Waals surface area contributed by atoms with Crippen LogP contribution in [0.5, 0.6) is 5.75 Å². The van der Waals surface area contributed by atoms with Crippen LogP contribution >= 0.6 is 0 Å². The number of nitrogens with two attached hydrogens (primary N) is 1. The van der Waals surface area contributed by atoms with Crippen LogP contribution in [0.4, 0.5) is 8.78 Å². The Bertz CT molecular complexity index is 328. The SMILES string of the molecule is CC[C@H](N)c1c(F)cc(F)cc1OC. The molecule has 0 bridgehead atoms. The molecule has 0 aliphatic rings. The number of benzene rings is 1. The van der Waals surface area contributed by atoms with Crippen molar-refractivity contribution in [3.63, 3.8) is 0 Å². The number of methoxy groups -OCH3 is 1. The highest BCUT2D eigenvalue weighted by molar-refractivity contribution is 5.37. The third kappa shape index (κ3) is 2.01. The van der Waals surface area contributed by atoms with E-state index in [-0.39, 0.29) is 11.3 Å². The molecule has 2 nitrogen and oxygen atoms in total. The monoisotopic (exact) mass is 201 g/mol. The number of hydrogen-bond acceptors (Lipinski definition) is 2. The minimum atomic E-state index is -0.661. The Kier molecular flexibility index (Phi) is 3.41. The third-order valence-electron chi connectivity index (χ3n) is 2.09. The fourth-order valence-corrected chi connectivity index (χ4v) is 1.29. The number of halogens is 2. The van der Waals surface area contributed by atoms with Gasteiger partial charge in [0.1, 0.15) is 17.4 Å². The first-order chi connectivity index (χ1) is 6.60. The van der Waals surface area contributed by atoms with Crippen LogP contribution in [-0.4, -0.2) is 7.11 Å². The Balaban J connectivity index is 3.24. The van der Waals surface area contributed by atoms with Crippen molar-refractivity contribution in [1.29, 1.82) is 0 Å². The van der Waals surface area contributed by atoms with Crippen LogP contribution in [-0.2, 0) is 0 Å². The standard InChI is InChI=1S/C10H13F2NO/c1-3-8(13)10-7(12)4-6(11)5-9(10)14-2/h4-5,8H,3,13H2,1-2H3/t8-/m0/s1. The third-order valence-corrected chi connectivity index (χ3v) is 2.09. The zero-order valence-electron chi connectivity index (χ0n) is 8.18. The fourth-order valence-electron chi connectivity index (χ4n) is 1.29. The maximum Gasteiger partial charge on any atom is 0.134 e. The second-order valence-corrected chi connectivity index (χ2v) is 3.02. The van der Waals surface area contributed by atoms with Gasteiger partial charge in [-0.3, -0.25) is 0 Å². The van der Waals surface area contributed by atoms with Gasteiger partial charge < -0.3 is 10.5 Å². The van der Waals surface area contributed by atoms with Gasteiger partial charge in [0.25, 0.3) is 0 Å². The maximum atomic E-state index is 13.3. The van der Waals surface area contributed by atoms with E-state index in [1.54, 1.807) is 0 Å². The van der Waals surface area contributed by atoms with Crippen molar-refractivity contribution in [2.45, 2.75) is 19.4 Å². The molecule has 0 spiro atoms. The fraction of sp³-hybridized carbons (Fsp3) is 0.400. The Morgan fingerprint density at radius 3 is 2.57 bits per heavy atom. The Morgan fingerprint density at radius 1 is 1.43 bits per heavy atom. The predicted octanol–water partition coefficient (Wildman–Crippen LogP) is 2.38. The van der Waals surface area contributed by atoms with E-state index in [2.05, 4.69) is 0 Å². The molecular weight excluding hydrogens is 188 g/mol. The molecule has 14 heavy (non-hydrogen) atoms. The van der Waals surface area contributed by atoms with E-state index in [1.165, 1.54) is 7.11 Å². The molecule has 1 aromatic rings. The molecule has 0 aromatic heterocycles. The quantitative estimate of drug-likeness (QED) is 0.814. The zero-order chi connectivity index (χ0) is 10.7. The van der Waals surface area contributed by atoms with Crippen molar-refractivity contribution >= 4 is 0 Å². The topological polar surface area (TPSA) is 35.2 Å². The van der Waals surface area contributed by atoms with Crippen molar-refractivity contribution < 1.29 is 13.5 Å². The van der Waals surface area contributed by atoms with E-state index >= 15 is 0 Å². The molecule has 0 amide bonds. The van der Waals surface area contributed by atoms with Crippen LogP contribution in [0.1, 0.15) is 24.9 Å². The van der Waals surface area contributed by atoms with Crippen molar-refractivity contribution in [3.8, 4) is 5.75 Å². The van der Waals surface area contributed by atoms with Gasteiger partial charge in [-0.1, -0.05) is 6.92 Å². The first-order valence-corrected chi connectivity index (χ1v) is 4.38. The van der Waals surface area contributed by atoms with Crippen LogP contribution in [0.2, 0.25) is 0 Å². The van der Waals surface area contributed by atoms with Crippen molar-refractivity contribution in [3.05, 3.63) is 29.3 Å². The van der Waals surface area contributed by atoms with E-state index < -0.39 is 17.7 Å². The van der Waals surface area contributed by atoms with Gasteiger partial charge in [0, 0.05) is 23.7 Å². The van der Waals surface area contributed by atoms with Gasteiger partial charge in [-0.25, -0.2) is 8.78 Å². The van der Waals surface area contributed by atoms with E-state index in [0.717, 1.165) is 12.1 Å². The Morgan fingerprint density at radius 2 is 2.07 bits per heavy atom. The van der Waals surface area contributed by atoms with Gasteiger partial charge in [-0.15, -0.1) is 0 Å². The number of rotatable bonds is 3. The van der Waals surface area contributed by atoms with Crippen LogP contribution < -0.4 is 10.5 Å². The molecule has 0 fully saturated rings. The lowest BCUT2D eigenvalue weighted by Gasteiger charge is -2.14. The second kappa shape index (κ2) is 4.37. The molecule has 0 radical (unpaired) electrons. The van der Waals surface area contributed by atoms with Crippen LogP contribution in [0.25, 0.3) is 0 Å². The highest BCUT2D eigenvalue weighted by atomic mass is 19.1. The van der Waals surface area contributed by atoms with Crippen LogP contribution in [0, 0.1) is 11.6 Å². The summed E-state index contributed by atoms with van der Waals surface area (Å²) in [6.07, 6.45) is 0.568. The molecule has 78 valence electrons. The van der Waals surface area contributed by atoms with Gasteiger partial charge in [0.15, 0.2) is 0 Å². The van der Waals surface area contributed by atoms with E-state index in [0.29, 0.717) is 6.42 Å². The van der Waals surface area contributed by atoms with Gasteiger partial charge in [-0.05, 0) is 6.42 Å². The van der Waals surface area contributed by atoms with Gasteiger partial charge >= 0.3 is 0 Å². The van der Waals surface area contributed by atoms with Crippen molar-refractivity contribution in [2.75, 3.05) is 7.11 Å². The molecule has 1 atom stereocenters. The van der Waals surface area contributed by atoms with Crippen molar-refractivity contribution in [2.24, 2.45) is 5.73 Å². The molecule has 4 heteroatoms. The molecule has 0 unspecified atom stereocenters. The van der Waals surface area contributed by atoms with Gasteiger partial charge in [0.05, 0.1) is 7.11 Å². The molecule has 0 aliphatic heterocycles. The second-order valence-electron chi connectivity index (χ2n) is 3.02. The summed E-state index contributed by atoms with van der Waals surface area (Å²) >= 11 is 0. The summed E-state index contributed by atoms with van der Waals surface area (Å²) in [5.41, 5.74) is 5.91. The molecular formula is C10H13F2NO. The zero-order valence-corrected chi connectivity index (χ0v) is 8.18. The average Bonchev–Trinajstić information content (AvgIpc) is 2.15. The molecule has 0 heterocycles. The van der Waals surface area contributed by atoms with Crippen LogP contribution in [0.15, 0.2) is 12.1 Å². The first-order valence-electron chi connectivity index (χ1n) is 4.38. The number of hydrogen-bond donors (Lipinski definition) is 1. The molecule has 0 saturated carbocycles. The summed E-state index contributed by atoms with van der Waals surface area (Å²) in [4.78, 5) is 0. The van der Waals surface area contributed by atoms with Gasteiger partial charge in [0.2, 0.25) is 0 Å². The number of ether oxygens (including phenoxy) is 1. The summed E-state index contributed by atoms with van der Waals surface area (Å²) in [6.45, 7) is 1.83. The van der Waals surface area contributed by atoms with Crippen molar-refractivity contribution in [1.82, 2.24) is 0 Å². The normalized spacial score (nSPS) is 12.6. The molecule has 0 aliphatic carbocycles. The minimum Gasteiger partial charge on any atom is -0.496 e. The molecule has 0 saturated heterocycles. The highest BCUT2D eigenvalue weighted by Gasteiger charge is 2.17. The lowest BCUT2D eigenvalue weighted by molar-refractivity contribution is 0.393. The van der Waals surface area contributed by atoms with E-state index in [9.17, 15) is 8.78 Å². The molecule has 1 rings (SSSR count). The minimum absolute atomic E-state index is 0.164. The summed E-state index contributed by atoms with van der Waals surface area (Å²) < 4.78 is 31.0. The first kappa shape index (κ1) is 10.9. The predicted molar refractivity (Wildman–Crippen MR) is 50.1 cm³/mol. The maximum absolute atomic E-state index is 13.3. The lowest BCUT2D eigenvalue weighted by Crippen LogP contribution is -2.12. The van der Waals surface area contributed by atoms with Gasteiger partial charge in [-0.2, -0.15) is 0 Å². The molecule has 2 N–H and O–H groups in total. The summed E-state index contributed by atoms with van der Waals surface area (Å²) in [5.74, 6) is -1.15. The average molecular weight is 201 g/mol. The summed E-state index contributed by atoms with van der Waals surface area (Å²) in [6, 6.07) is 1.48. The Hall–Kier alpha value is -1.16. The summed E-state index contributed by atoms with van der Waals surface area (Å²) in [7, 11) is 1.36. The largest absolute Gasteiger partial charge is 0.496 e. The van der Waals surface area contributed by atoms with E-state index in [4.69, 9.17) is 10.5 Å². The summed E-state index contributed by atoms with van der Waals surface area (Å²) in [5, 5.41) is 0. The highest BCUT2D eigenvalue weighted by Crippen LogP contribution is 2.29. The Labute approximate surface area is 81.7 Å². The van der Waals surface area contributed by atoms with E-state index in [1.807, 2.05) is 6.92 Å². The van der Waals surface area contributed by atoms with Crippen LogP contribution in [0.3, 0.4) is 0 Å². The smallest absolute Gasteiger partial charge is 0.134 e. The molecule has 1 aromatic carbocycles. The lowest BCUT2D eigenvalue weighted by atomic mass is 10.0.